The van der Waals surface area contributed by atoms with Gasteiger partial charge in [-0.3, -0.25) is 4.99 Å². The molecule has 0 bridgehead atoms. The summed E-state index contributed by atoms with van der Waals surface area (Å²) in [5, 5.41) is 3.49. The van der Waals surface area contributed by atoms with Crippen LogP contribution in [0.3, 0.4) is 0 Å². The van der Waals surface area contributed by atoms with Gasteiger partial charge in [0.2, 0.25) is 0 Å². The minimum Gasteiger partial charge on any atom is -0.344 e. The highest BCUT2D eigenvalue weighted by molar-refractivity contribution is 5.98. The Kier molecular flexibility index (Phi) is 4.65. The van der Waals surface area contributed by atoms with E-state index in [0.29, 0.717) is 6.04 Å². The second-order valence-electron chi connectivity index (χ2n) is 5.15. The molecule has 98 valence electrons. The highest BCUT2D eigenvalue weighted by Gasteiger charge is 2.16. The third kappa shape index (κ3) is 3.05. The smallest absolute Gasteiger partial charge is 0.101 e. The normalized spacial score (nSPS) is 21.9. The van der Waals surface area contributed by atoms with Crippen LogP contribution in [-0.4, -0.2) is 11.9 Å². The maximum Gasteiger partial charge on any atom is 0.101 e. The summed E-state index contributed by atoms with van der Waals surface area (Å²) < 4.78 is 0. The zero-order valence-electron chi connectivity index (χ0n) is 10.7. The van der Waals surface area contributed by atoms with E-state index in [4.69, 9.17) is 4.99 Å². The van der Waals surface area contributed by atoms with Crippen LogP contribution < -0.4 is 5.32 Å². The highest BCUT2D eigenvalue weighted by Crippen LogP contribution is 2.25. The number of hydrogen-bond donors (Lipinski definition) is 1. The molecule has 0 saturated heterocycles. The van der Waals surface area contributed by atoms with Crippen molar-refractivity contribution < 1.29 is 0 Å². The van der Waals surface area contributed by atoms with Crippen LogP contribution in [0.25, 0.3) is 0 Å². The molecule has 1 aromatic carbocycles. The van der Waals surface area contributed by atoms with Crippen LogP contribution in [0.15, 0.2) is 29.3 Å². The number of para-hydroxylation sites is 1. The number of nitrogens with one attached hydrogen (secondary N) is 1. The van der Waals surface area contributed by atoms with Crippen molar-refractivity contribution in [2.24, 2.45) is 4.99 Å². The largest absolute Gasteiger partial charge is 0.344 e. The van der Waals surface area contributed by atoms with Crippen LogP contribution >= 0.6 is 12.4 Å². The summed E-state index contributed by atoms with van der Waals surface area (Å²) in [7, 11) is 0. The molecule has 1 N–H and O–H groups in total. The van der Waals surface area contributed by atoms with Gasteiger partial charge in [-0.25, -0.2) is 0 Å². The molecule has 2 nitrogen and oxygen atoms in total. The Morgan fingerprint density at radius 1 is 1.00 bits per heavy atom. The van der Waals surface area contributed by atoms with Crippen LogP contribution in [0.4, 0.5) is 5.69 Å². The molecule has 1 heterocycles. The SMILES string of the molecule is Cl.c1ccc2c(c1)CCC(=NC1CCCCC1)N2. The van der Waals surface area contributed by atoms with Gasteiger partial charge < -0.3 is 5.32 Å². The van der Waals surface area contributed by atoms with Gasteiger partial charge >= 0.3 is 0 Å². The van der Waals surface area contributed by atoms with Crippen LogP contribution in [0.2, 0.25) is 0 Å². The van der Waals surface area contributed by atoms with E-state index >= 15 is 0 Å². The number of halogens is 1. The van der Waals surface area contributed by atoms with Crippen LogP contribution in [0, 0.1) is 0 Å². The number of fused-ring (bicyclic) bond motifs is 1. The summed E-state index contributed by atoms with van der Waals surface area (Å²) in [4.78, 5) is 4.90. The minimum atomic E-state index is 0. The van der Waals surface area contributed by atoms with Gasteiger partial charge in [-0.05, 0) is 30.9 Å². The molecule has 1 aliphatic heterocycles. The molecule has 1 aliphatic carbocycles. The standard InChI is InChI=1S/C15H20N2.ClH/c1-2-7-13(8-3-1)16-15-11-10-12-6-4-5-9-14(12)17-15;/h4-6,9,13H,1-3,7-8,10-11H2,(H,16,17);1H. The molecule has 0 radical (unpaired) electrons. The second-order valence-corrected chi connectivity index (χ2v) is 5.15. The Balaban J connectivity index is 0.00000120. The molecule has 1 aromatic rings. The van der Waals surface area contributed by atoms with Gasteiger partial charge in [0.25, 0.3) is 0 Å². The molecule has 0 atom stereocenters. The van der Waals surface area contributed by atoms with Gasteiger partial charge in [0.05, 0.1) is 6.04 Å². The number of amidine groups is 1. The van der Waals surface area contributed by atoms with Gasteiger partial charge in [0, 0.05) is 12.1 Å². The maximum atomic E-state index is 4.90. The molecular formula is C15H21ClN2. The molecular weight excluding hydrogens is 244 g/mol. The zero-order valence-corrected chi connectivity index (χ0v) is 11.5. The van der Waals surface area contributed by atoms with Crippen molar-refractivity contribution in [3.05, 3.63) is 29.8 Å². The Morgan fingerprint density at radius 2 is 1.78 bits per heavy atom. The number of benzene rings is 1. The second kappa shape index (κ2) is 6.24. The Morgan fingerprint density at radius 3 is 2.61 bits per heavy atom. The van der Waals surface area contributed by atoms with E-state index in [2.05, 4.69) is 29.6 Å². The van der Waals surface area contributed by atoms with Crippen molar-refractivity contribution in [3.63, 3.8) is 0 Å². The first kappa shape index (κ1) is 13.4. The van der Waals surface area contributed by atoms with Crippen LogP contribution in [0.5, 0.6) is 0 Å². The Labute approximate surface area is 115 Å². The van der Waals surface area contributed by atoms with Gasteiger partial charge in [0.15, 0.2) is 0 Å². The quantitative estimate of drug-likeness (QED) is 0.808. The molecule has 3 rings (SSSR count). The summed E-state index contributed by atoms with van der Waals surface area (Å²) in [6, 6.07) is 9.15. The third-order valence-electron chi connectivity index (χ3n) is 3.84. The first-order valence-corrected chi connectivity index (χ1v) is 6.83. The fraction of sp³-hybridized carbons (Fsp3) is 0.533. The Bertz CT molecular complexity index is 422. The van der Waals surface area contributed by atoms with E-state index in [9.17, 15) is 0 Å². The predicted molar refractivity (Wildman–Crippen MR) is 79.9 cm³/mol. The molecule has 1 saturated carbocycles. The molecule has 3 heteroatoms. The van der Waals surface area contributed by atoms with Crippen molar-refractivity contribution in [3.8, 4) is 0 Å². The molecule has 18 heavy (non-hydrogen) atoms. The van der Waals surface area contributed by atoms with E-state index in [0.717, 1.165) is 12.8 Å². The number of nitrogens with zero attached hydrogens (tertiary/aromatic N) is 1. The lowest BCUT2D eigenvalue weighted by atomic mass is 9.95. The van der Waals surface area contributed by atoms with Gasteiger partial charge in [-0.2, -0.15) is 0 Å². The fourth-order valence-corrected chi connectivity index (χ4v) is 2.86. The maximum absolute atomic E-state index is 4.90. The van der Waals surface area contributed by atoms with Crippen molar-refractivity contribution in [1.82, 2.24) is 0 Å². The molecule has 0 aromatic heterocycles. The third-order valence-corrected chi connectivity index (χ3v) is 3.84. The van der Waals surface area contributed by atoms with Gasteiger partial charge in [-0.1, -0.05) is 37.5 Å². The fourth-order valence-electron chi connectivity index (χ4n) is 2.86. The first-order valence-electron chi connectivity index (χ1n) is 6.83. The lowest BCUT2D eigenvalue weighted by Crippen LogP contribution is -2.23. The Hall–Kier alpha value is -1.02. The minimum absolute atomic E-state index is 0. The monoisotopic (exact) mass is 264 g/mol. The molecule has 0 spiro atoms. The van der Waals surface area contributed by atoms with Crippen molar-refractivity contribution in [2.75, 3.05) is 5.32 Å². The number of rotatable bonds is 1. The summed E-state index contributed by atoms with van der Waals surface area (Å²) >= 11 is 0. The number of aliphatic imine (C=N–C) groups is 1. The summed E-state index contributed by atoms with van der Waals surface area (Å²) in [6.07, 6.45) is 8.90. The lowest BCUT2D eigenvalue weighted by Gasteiger charge is -2.23. The number of aryl methyl sites for hydroxylation is 1. The number of hydrogen-bond acceptors (Lipinski definition) is 1. The van der Waals surface area contributed by atoms with Crippen molar-refractivity contribution >= 4 is 23.9 Å². The zero-order chi connectivity index (χ0) is 11.5. The molecule has 2 aliphatic rings. The molecule has 1 fully saturated rings. The topological polar surface area (TPSA) is 24.4 Å². The van der Waals surface area contributed by atoms with E-state index < -0.39 is 0 Å². The average Bonchev–Trinajstić information content (AvgIpc) is 2.40. The van der Waals surface area contributed by atoms with Crippen molar-refractivity contribution in [1.29, 1.82) is 0 Å². The predicted octanol–water partition coefficient (Wildman–Crippen LogP) is 4.20. The lowest BCUT2D eigenvalue weighted by molar-refractivity contribution is 0.443. The van der Waals surface area contributed by atoms with E-state index in [-0.39, 0.29) is 12.4 Å². The van der Waals surface area contributed by atoms with Crippen LogP contribution in [-0.2, 0) is 6.42 Å². The molecule has 0 unspecified atom stereocenters. The first-order chi connectivity index (χ1) is 8.42. The summed E-state index contributed by atoms with van der Waals surface area (Å²) in [5.41, 5.74) is 2.68. The van der Waals surface area contributed by atoms with Gasteiger partial charge in [-0.15, -0.1) is 12.4 Å². The van der Waals surface area contributed by atoms with Crippen LogP contribution in [0.1, 0.15) is 44.1 Å². The number of anilines is 1. The average molecular weight is 265 g/mol. The van der Waals surface area contributed by atoms with E-state index in [1.165, 1.54) is 49.2 Å². The summed E-state index contributed by atoms with van der Waals surface area (Å²) in [5.74, 6) is 1.20. The van der Waals surface area contributed by atoms with Gasteiger partial charge in [0.1, 0.15) is 5.84 Å². The highest BCUT2D eigenvalue weighted by atomic mass is 35.5. The summed E-state index contributed by atoms with van der Waals surface area (Å²) in [6.45, 7) is 0. The van der Waals surface area contributed by atoms with E-state index in [1.807, 2.05) is 0 Å². The van der Waals surface area contributed by atoms with Crippen molar-refractivity contribution in [2.45, 2.75) is 51.0 Å². The van der Waals surface area contributed by atoms with E-state index in [1.54, 1.807) is 0 Å². The molecule has 0 amide bonds.